The first kappa shape index (κ1) is 28.6. The predicted molar refractivity (Wildman–Crippen MR) is 170 cm³/mol. The molecule has 0 unspecified atom stereocenters. The smallest absolute Gasteiger partial charge is 0.266 e. The summed E-state index contributed by atoms with van der Waals surface area (Å²) in [6.45, 7) is 0.126. The summed E-state index contributed by atoms with van der Waals surface area (Å²) < 4.78 is 2.76. The Bertz CT molecular complexity index is 1670. The topological polar surface area (TPSA) is 84.3 Å². The third kappa shape index (κ3) is 6.67. The molecule has 0 atom stereocenters. The molecule has 4 aromatic rings. The number of fused-ring (bicyclic) bond motifs is 1. The summed E-state index contributed by atoms with van der Waals surface area (Å²) >= 11 is 17.2. The summed E-state index contributed by atoms with van der Waals surface area (Å²) in [6, 6.07) is 21.7. The molecule has 1 aliphatic rings. The largest absolute Gasteiger partial charge is 0.325 e. The molecule has 1 aliphatic heterocycles. The Morgan fingerprint density at radius 2 is 1.88 bits per heavy atom. The molecule has 2 amide bonds. The van der Waals surface area contributed by atoms with Gasteiger partial charge < -0.3 is 5.32 Å². The van der Waals surface area contributed by atoms with E-state index in [-0.39, 0.29) is 36.4 Å². The quantitative estimate of drug-likeness (QED) is 0.121. The first-order chi connectivity index (χ1) is 19.3. The van der Waals surface area contributed by atoms with Gasteiger partial charge in [0.25, 0.3) is 5.91 Å². The summed E-state index contributed by atoms with van der Waals surface area (Å²) in [4.78, 5) is 45.7. The number of benzene rings is 3. The van der Waals surface area contributed by atoms with Crippen molar-refractivity contribution >= 4 is 108 Å². The van der Waals surface area contributed by atoms with E-state index in [0.29, 0.717) is 36.1 Å². The van der Waals surface area contributed by atoms with Crippen molar-refractivity contribution in [2.75, 3.05) is 17.6 Å². The van der Waals surface area contributed by atoms with Crippen LogP contribution in [0.15, 0.2) is 87.3 Å². The van der Waals surface area contributed by atoms with E-state index < -0.39 is 0 Å². The van der Waals surface area contributed by atoms with Crippen molar-refractivity contribution in [3.05, 3.63) is 92.8 Å². The summed E-state index contributed by atoms with van der Waals surface area (Å²) in [6.07, 6.45) is 1.79. The van der Waals surface area contributed by atoms with Gasteiger partial charge in [0.2, 0.25) is 11.8 Å². The van der Waals surface area contributed by atoms with Gasteiger partial charge in [-0.15, -0.1) is 0 Å². The van der Waals surface area contributed by atoms with Crippen LogP contribution in [-0.4, -0.2) is 48.8 Å². The third-order valence-electron chi connectivity index (χ3n) is 5.81. The number of anilines is 1. The summed E-state index contributed by atoms with van der Waals surface area (Å²) in [5.41, 5.74) is 2.77. The Hall–Kier alpha value is -2.96. The fourth-order valence-corrected chi connectivity index (χ4v) is 6.62. The molecule has 1 N–H and O–H groups in total. The third-order valence-corrected chi connectivity index (χ3v) is 8.87. The zero-order valence-electron chi connectivity index (χ0n) is 20.7. The molecule has 0 radical (unpaired) electrons. The van der Waals surface area contributed by atoms with Crippen molar-refractivity contribution in [1.29, 1.82) is 0 Å². The van der Waals surface area contributed by atoms with Crippen LogP contribution in [0.1, 0.15) is 16.8 Å². The second-order valence-electron chi connectivity index (χ2n) is 8.59. The highest BCUT2D eigenvalue weighted by Gasteiger charge is 2.32. The second-order valence-corrected chi connectivity index (χ2v) is 12.6. The number of carbonyl (C=O) groups excluding carboxylic acids is 3. The van der Waals surface area contributed by atoms with Crippen LogP contribution in [0.25, 0.3) is 17.1 Å². The average molecular weight is 672 g/mol. The average Bonchev–Trinajstić information content (AvgIpc) is 3.43. The van der Waals surface area contributed by atoms with Crippen LogP contribution in [0.4, 0.5) is 5.69 Å². The number of amides is 2. The summed E-state index contributed by atoms with van der Waals surface area (Å²) in [5, 5.41) is 3.86. The Balaban J connectivity index is 1.28. The Morgan fingerprint density at radius 1 is 1.10 bits per heavy atom. The van der Waals surface area contributed by atoms with Crippen LogP contribution in [-0.2, 0) is 9.59 Å². The minimum Gasteiger partial charge on any atom is -0.325 e. The number of nitrogens with zero attached hydrogens (tertiary/aromatic N) is 3. The standard InChI is InChI=1S/C28H20BrClN4O3S3/c29-18-4-3-5-20(15-18)31-24(35)16-39-27-32-21-6-1-2-7-22(21)34(27)25(36)12-13-33-26(37)23(40-28(33)38)14-17-8-10-19(30)11-9-17/h1-11,14-15H,12-13,16H2,(H,31,35)/b23-14-. The van der Waals surface area contributed by atoms with Gasteiger partial charge in [-0.05, 0) is 54.1 Å². The molecule has 40 heavy (non-hydrogen) atoms. The monoisotopic (exact) mass is 670 g/mol. The molecule has 0 bridgehead atoms. The molecule has 0 aliphatic carbocycles. The number of aromatic nitrogens is 2. The molecular formula is C28H20BrClN4O3S3. The minimum atomic E-state index is -0.251. The number of hydrogen-bond acceptors (Lipinski definition) is 7. The number of halogens is 2. The zero-order chi connectivity index (χ0) is 28.2. The second kappa shape index (κ2) is 12.7. The Kier molecular flexibility index (Phi) is 9.07. The van der Waals surface area contributed by atoms with Crippen molar-refractivity contribution in [1.82, 2.24) is 14.5 Å². The normalized spacial score (nSPS) is 14.3. The lowest BCUT2D eigenvalue weighted by Gasteiger charge is -2.15. The van der Waals surface area contributed by atoms with Crippen molar-refractivity contribution in [3.63, 3.8) is 0 Å². The molecule has 0 spiro atoms. The van der Waals surface area contributed by atoms with Crippen molar-refractivity contribution < 1.29 is 14.4 Å². The molecule has 5 rings (SSSR count). The maximum absolute atomic E-state index is 13.5. The molecular weight excluding hydrogens is 652 g/mol. The summed E-state index contributed by atoms with van der Waals surface area (Å²) in [7, 11) is 0. The highest BCUT2D eigenvalue weighted by molar-refractivity contribution is 9.10. The Morgan fingerprint density at radius 3 is 2.65 bits per heavy atom. The van der Waals surface area contributed by atoms with Crippen LogP contribution >= 0.6 is 63.3 Å². The molecule has 7 nitrogen and oxygen atoms in total. The number of thiocarbonyl (C=S) groups is 1. The molecule has 2 heterocycles. The Labute approximate surface area is 257 Å². The van der Waals surface area contributed by atoms with Gasteiger partial charge in [-0.25, -0.2) is 4.98 Å². The van der Waals surface area contributed by atoms with Crippen molar-refractivity contribution in [2.45, 2.75) is 11.6 Å². The van der Waals surface area contributed by atoms with Gasteiger partial charge in [-0.2, -0.15) is 0 Å². The minimum absolute atomic E-state index is 0.0266. The zero-order valence-corrected chi connectivity index (χ0v) is 25.5. The number of imidazole rings is 1. The molecule has 202 valence electrons. The van der Waals surface area contributed by atoms with E-state index in [9.17, 15) is 14.4 Å². The van der Waals surface area contributed by atoms with Gasteiger partial charge in [0, 0.05) is 28.1 Å². The van der Waals surface area contributed by atoms with E-state index in [4.69, 9.17) is 23.8 Å². The fourth-order valence-electron chi connectivity index (χ4n) is 3.96. The maximum atomic E-state index is 13.5. The van der Waals surface area contributed by atoms with E-state index in [0.717, 1.165) is 10.0 Å². The number of hydrogen-bond donors (Lipinski definition) is 1. The van der Waals surface area contributed by atoms with E-state index in [2.05, 4.69) is 26.2 Å². The molecule has 1 fully saturated rings. The lowest BCUT2D eigenvalue weighted by molar-refractivity contribution is -0.122. The highest BCUT2D eigenvalue weighted by Crippen LogP contribution is 2.33. The van der Waals surface area contributed by atoms with Gasteiger partial charge in [0.1, 0.15) is 4.32 Å². The van der Waals surface area contributed by atoms with Gasteiger partial charge in [0.15, 0.2) is 5.16 Å². The number of para-hydroxylation sites is 2. The van der Waals surface area contributed by atoms with Gasteiger partial charge in [-0.3, -0.25) is 23.9 Å². The van der Waals surface area contributed by atoms with E-state index in [1.807, 2.05) is 42.5 Å². The van der Waals surface area contributed by atoms with E-state index in [1.165, 1.54) is 33.0 Å². The van der Waals surface area contributed by atoms with Crippen LogP contribution in [0.2, 0.25) is 5.02 Å². The van der Waals surface area contributed by atoms with Crippen LogP contribution < -0.4 is 5.32 Å². The van der Waals surface area contributed by atoms with Crippen LogP contribution in [0.3, 0.4) is 0 Å². The van der Waals surface area contributed by atoms with Crippen molar-refractivity contribution in [2.24, 2.45) is 0 Å². The number of thioether (sulfide) groups is 2. The number of rotatable bonds is 8. The molecule has 0 saturated carbocycles. The van der Waals surface area contributed by atoms with Gasteiger partial charge in [0.05, 0.1) is 21.7 Å². The molecule has 12 heteroatoms. The van der Waals surface area contributed by atoms with E-state index >= 15 is 0 Å². The molecule has 3 aromatic carbocycles. The van der Waals surface area contributed by atoms with E-state index in [1.54, 1.807) is 36.4 Å². The fraction of sp³-hybridized carbons (Fsp3) is 0.107. The number of carbonyl (C=O) groups is 3. The molecule has 1 saturated heterocycles. The van der Waals surface area contributed by atoms with Gasteiger partial charge in [-0.1, -0.05) is 93.6 Å². The van der Waals surface area contributed by atoms with Crippen LogP contribution in [0, 0.1) is 0 Å². The first-order valence-corrected chi connectivity index (χ1v) is 15.4. The lowest BCUT2D eigenvalue weighted by atomic mass is 10.2. The first-order valence-electron chi connectivity index (χ1n) is 12.0. The highest BCUT2D eigenvalue weighted by atomic mass is 79.9. The lowest BCUT2D eigenvalue weighted by Crippen LogP contribution is -2.31. The number of nitrogens with one attached hydrogen (secondary N) is 1. The maximum Gasteiger partial charge on any atom is 0.266 e. The van der Waals surface area contributed by atoms with Crippen molar-refractivity contribution in [3.8, 4) is 0 Å². The van der Waals surface area contributed by atoms with Gasteiger partial charge >= 0.3 is 0 Å². The molecule has 1 aromatic heterocycles. The predicted octanol–water partition coefficient (Wildman–Crippen LogP) is 7.11. The SMILES string of the molecule is O=C(CSc1nc2ccccc2n1C(=O)CCN1C(=O)/C(=C/c2ccc(Cl)cc2)SC1=S)Nc1cccc(Br)c1. The van der Waals surface area contributed by atoms with Crippen LogP contribution in [0.5, 0.6) is 0 Å². The summed E-state index contributed by atoms with van der Waals surface area (Å²) in [5.74, 6) is -0.654.